The molecule has 3 unspecified atom stereocenters. The molecule has 1 fully saturated rings. The van der Waals surface area contributed by atoms with Gasteiger partial charge in [-0.05, 0) is 36.3 Å². The summed E-state index contributed by atoms with van der Waals surface area (Å²) in [6.45, 7) is 8.87. The molecule has 1 heterocycles. The molecule has 0 amide bonds. The Labute approximate surface area is 122 Å². The zero-order valence-electron chi connectivity index (χ0n) is 12.8. The molecule has 2 rings (SSSR count). The van der Waals surface area contributed by atoms with E-state index < -0.39 is 6.10 Å². The third-order valence-corrected chi connectivity index (χ3v) is 4.27. The van der Waals surface area contributed by atoms with Gasteiger partial charge in [-0.15, -0.1) is 0 Å². The van der Waals surface area contributed by atoms with Crippen LogP contribution in [0.25, 0.3) is 0 Å². The van der Waals surface area contributed by atoms with E-state index in [4.69, 9.17) is 4.74 Å². The van der Waals surface area contributed by atoms with Crippen molar-refractivity contribution >= 4 is 0 Å². The second kappa shape index (κ2) is 7.21. The van der Waals surface area contributed by atoms with Gasteiger partial charge in [-0.25, -0.2) is 0 Å². The Morgan fingerprint density at radius 2 is 1.90 bits per heavy atom. The van der Waals surface area contributed by atoms with Gasteiger partial charge in [0.15, 0.2) is 0 Å². The Kier molecular flexibility index (Phi) is 5.58. The molecule has 0 radical (unpaired) electrons. The maximum Gasteiger partial charge on any atom is 0.0914 e. The van der Waals surface area contributed by atoms with E-state index in [1.165, 1.54) is 5.56 Å². The van der Waals surface area contributed by atoms with Crippen LogP contribution in [0.1, 0.15) is 50.3 Å². The first-order chi connectivity index (χ1) is 9.58. The van der Waals surface area contributed by atoms with E-state index >= 15 is 0 Å². The Morgan fingerprint density at radius 3 is 2.45 bits per heavy atom. The molecule has 3 atom stereocenters. The van der Waals surface area contributed by atoms with E-state index in [-0.39, 0.29) is 0 Å². The van der Waals surface area contributed by atoms with E-state index in [1.54, 1.807) is 0 Å². The predicted octanol–water partition coefficient (Wildman–Crippen LogP) is 2.86. The molecule has 1 aliphatic heterocycles. The lowest BCUT2D eigenvalue weighted by Gasteiger charge is -2.17. The minimum absolute atomic E-state index is 0.338. The largest absolute Gasteiger partial charge is 0.387 e. The lowest BCUT2D eigenvalue weighted by Crippen LogP contribution is -2.30. The monoisotopic (exact) mass is 277 g/mol. The van der Waals surface area contributed by atoms with Crippen LogP contribution < -0.4 is 5.32 Å². The van der Waals surface area contributed by atoms with Crippen molar-refractivity contribution in [1.29, 1.82) is 0 Å². The summed E-state index contributed by atoms with van der Waals surface area (Å²) < 4.78 is 5.54. The summed E-state index contributed by atoms with van der Waals surface area (Å²) >= 11 is 0. The minimum atomic E-state index is -0.436. The standard InChI is InChI=1S/C17H27NO2/c1-12(2)14-4-6-15(7-5-14)17(19)11-18-10-16-8-9-20-13(16)3/h4-7,12-13,16-19H,8-11H2,1-3H3. The fraction of sp³-hybridized carbons (Fsp3) is 0.647. The van der Waals surface area contributed by atoms with Crippen LogP contribution in [-0.2, 0) is 4.74 Å². The first kappa shape index (κ1) is 15.5. The summed E-state index contributed by atoms with van der Waals surface area (Å²) in [6.07, 6.45) is 1.02. The highest BCUT2D eigenvalue weighted by atomic mass is 16.5. The molecule has 0 spiro atoms. The Morgan fingerprint density at radius 1 is 1.25 bits per heavy atom. The van der Waals surface area contributed by atoms with E-state index in [0.29, 0.717) is 24.5 Å². The summed E-state index contributed by atoms with van der Waals surface area (Å²) in [5.41, 5.74) is 2.29. The van der Waals surface area contributed by atoms with Gasteiger partial charge in [-0.2, -0.15) is 0 Å². The predicted molar refractivity (Wildman–Crippen MR) is 81.9 cm³/mol. The van der Waals surface area contributed by atoms with Crippen molar-refractivity contribution in [3.63, 3.8) is 0 Å². The molecule has 1 aromatic rings. The van der Waals surface area contributed by atoms with Crippen molar-refractivity contribution < 1.29 is 9.84 Å². The topological polar surface area (TPSA) is 41.5 Å². The summed E-state index contributed by atoms with van der Waals surface area (Å²) in [5, 5.41) is 13.6. The molecule has 3 heteroatoms. The summed E-state index contributed by atoms with van der Waals surface area (Å²) in [6, 6.07) is 8.28. The van der Waals surface area contributed by atoms with Gasteiger partial charge in [-0.1, -0.05) is 38.1 Å². The SMILES string of the molecule is CC(C)c1ccc(C(O)CNCC2CCOC2C)cc1. The number of rotatable bonds is 6. The van der Waals surface area contributed by atoms with E-state index in [2.05, 4.69) is 38.2 Å². The number of benzene rings is 1. The zero-order chi connectivity index (χ0) is 14.5. The van der Waals surface area contributed by atoms with Crippen LogP contribution in [0, 0.1) is 5.92 Å². The number of aliphatic hydroxyl groups excluding tert-OH is 1. The molecule has 1 aliphatic rings. The summed E-state index contributed by atoms with van der Waals surface area (Å²) in [4.78, 5) is 0. The Hall–Kier alpha value is -0.900. The molecular formula is C17H27NO2. The fourth-order valence-electron chi connectivity index (χ4n) is 2.67. The average Bonchev–Trinajstić information content (AvgIpc) is 2.84. The van der Waals surface area contributed by atoms with Crippen LogP contribution in [0.3, 0.4) is 0 Å². The molecule has 1 saturated heterocycles. The van der Waals surface area contributed by atoms with Gasteiger partial charge in [0.1, 0.15) is 0 Å². The lowest BCUT2D eigenvalue weighted by molar-refractivity contribution is 0.103. The van der Waals surface area contributed by atoms with Crippen molar-refractivity contribution in [1.82, 2.24) is 5.32 Å². The number of aliphatic hydroxyl groups is 1. The Bertz CT molecular complexity index is 402. The van der Waals surface area contributed by atoms with E-state index in [0.717, 1.165) is 25.1 Å². The van der Waals surface area contributed by atoms with Crippen molar-refractivity contribution in [2.45, 2.75) is 45.3 Å². The minimum Gasteiger partial charge on any atom is -0.387 e. The maximum absolute atomic E-state index is 10.2. The summed E-state index contributed by atoms with van der Waals surface area (Å²) in [7, 11) is 0. The molecule has 0 aromatic heterocycles. The molecule has 0 aliphatic carbocycles. The van der Waals surface area contributed by atoms with Gasteiger partial charge in [-0.3, -0.25) is 0 Å². The van der Waals surface area contributed by atoms with Crippen molar-refractivity contribution in [2.24, 2.45) is 5.92 Å². The second-order valence-electron chi connectivity index (χ2n) is 6.12. The quantitative estimate of drug-likeness (QED) is 0.840. The molecule has 112 valence electrons. The van der Waals surface area contributed by atoms with E-state index in [1.807, 2.05) is 12.1 Å². The Balaban J connectivity index is 1.77. The molecule has 2 N–H and O–H groups in total. The average molecular weight is 277 g/mol. The van der Waals surface area contributed by atoms with Gasteiger partial charge in [0.05, 0.1) is 12.2 Å². The molecule has 20 heavy (non-hydrogen) atoms. The first-order valence-electron chi connectivity index (χ1n) is 7.68. The fourth-order valence-corrected chi connectivity index (χ4v) is 2.67. The number of ether oxygens (including phenoxy) is 1. The van der Waals surface area contributed by atoms with Crippen LogP contribution >= 0.6 is 0 Å². The van der Waals surface area contributed by atoms with Gasteiger partial charge >= 0.3 is 0 Å². The maximum atomic E-state index is 10.2. The smallest absolute Gasteiger partial charge is 0.0914 e. The van der Waals surface area contributed by atoms with Crippen molar-refractivity contribution in [2.75, 3.05) is 19.7 Å². The zero-order valence-corrected chi connectivity index (χ0v) is 12.8. The van der Waals surface area contributed by atoms with Crippen LogP contribution in [0.2, 0.25) is 0 Å². The molecule has 1 aromatic carbocycles. The number of hydrogen-bond acceptors (Lipinski definition) is 3. The van der Waals surface area contributed by atoms with Gasteiger partial charge in [0.2, 0.25) is 0 Å². The van der Waals surface area contributed by atoms with Gasteiger partial charge in [0.25, 0.3) is 0 Å². The number of nitrogens with one attached hydrogen (secondary N) is 1. The third-order valence-electron chi connectivity index (χ3n) is 4.27. The highest BCUT2D eigenvalue weighted by Crippen LogP contribution is 2.20. The highest BCUT2D eigenvalue weighted by molar-refractivity contribution is 5.26. The van der Waals surface area contributed by atoms with E-state index in [9.17, 15) is 5.11 Å². The molecular weight excluding hydrogens is 250 g/mol. The van der Waals surface area contributed by atoms with Crippen LogP contribution in [0.4, 0.5) is 0 Å². The molecule has 0 saturated carbocycles. The van der Waals surface area contributed by atoms with Gasteiger partial charge < -0.3 is 15.2 Å². The van der Waals surface area contributed by atoms with Crippen LogP contribution in [0.15, 0.2) is 24.3 Å². The second-order valence-corrected chi connectivity index (χ2v) is 6.12. The van der Waals surface area contributed by atoms with Crippen molar-refractivity contribution in [3.8, 4) is 0 Å². The van der Waals surface area contributed by atoms with Crippen molar-refractivity contribution in [3.05, 3.63) is 35.4 Å². The first-order valence-corrected chi connectivity index (χ1v) is 7.68. The molecule has 0 bridgehead atoms. The lowest BCUT2D eigenvalue weighted by atomic mass is 9.99. The summed E-state index contributed by atoms with van der Waals surface area (Å²) in [5.74, 6) is 1.11. The van der Waals surface area contributed by atoms with Crippen LogP contribution in [0.5, 0.6) is 0 Å². The third kappa shape index (κ3) is 4.05. The molecule has 3 nitrogen and oxygen atoms in total. The number of hydrogen-bond donors (Lipinski definition) is 2. The van der Waals surface area contributed by atoms with Gasteiger partial charge in [0, 0.05) is 19.7 Å². The highest BCUT2D eigenvalue weighted by Gasteiger charge is 2.23. The normalized spacial score (nSPS) is 24.2. The van der Waals surface area contributed by atoms with Crippen LogP contribution in [-0.4, -0.2) is 30.9 Å².